The summed E-state index contributed by atoms with van der Waals surface area (Å²) in [6.07, 6.45) is 1.68. The fraction of sp³-hybridized carbons (Fsp3) is 0.192. The monoisotopic (exact) mass is 416 g/mol. The Hall–Kier alpha value is -3.73. The Morgan fingerprint density at radius 3 is 2.48 bits per heavy atom. The Kier molecular flexibility index (Phi) is 5.67. The first-order chi connectivity index (χ1) is 15.0. The zero-order valence-corrected chi connectivity index (χ0v) is 18.0. The van der Waals surface area contributed by atoms with Gasteiger partial charge in [-0.3, -0.25) is 4.79 Å². The molecular weight excluding hydrogens is 392 g/mol. The van der Waals surface area contributed by atoms with Crippen LogP contribution in [-0.2, 0) is 6.61 Å². The van der Waals surface area contributed by atoms with Crippen LogP contribution in [-0.4, -0.2) is 20.0 Å². The topological polar surface area (TPSA) is 54.0 Å². The van der Waals surface area contributed by atoms with Gasteiger partial charge in [-0.05, 0) is 55.3 Å². The van der Waals surface area contributed by atoms with E-state index >= 15 is 0 Å². The number of allylic oxidation sites excluding steroid dienone is 1. The van der Waals surface area contributed by atoms with Gasteiger partial charge in [0.15, 0.2) is 5.76 Å². The second-order valence-corrected chi connectivity index (χ2v) is 7.42. The number of ether oxygens (including phenoxy) is 4. The third-order valence-corrected chi connectivity index (χ3v) is 5.27. The van der Waals surface area contributed by atoms with Gasteiger partial charge in [-0.1, -0.05) is 23.8 Å². The maximum Gasteiger partial charge on any atom is 0.231 e. The highest BCUT2D eigenvalue weighted by molar-refractivity contribution is 6.14. The molecule has 0 fully saturated rings. The first kappa shape index (κ1) is 20.5. The molecule has 0 bridgehead atoms. The third kappa shape index (κ3) is 4.26. The molecule has 3 aromatic rings. The molecule has 0 radical (unpaired) electrons. The van der Waals surface area contributed by atoms with Gasteiger partial charge < -0.3 is 18.9 Å². The van der Waals surface area contributed by atoms with Crippen LogP contribution in [0.15, 0.2) is 60.4 Å². The molecule has 0 spiro atoms. The van der Waals surface area contributed by atoms with Crippen LogP contribution in [0.5, 0.6) is 23.0 Å². The van der Waals surface area contributed by atoms with Crippen LogP contribution in [0.3, 0.4) is 0 Å². The van der Waals surface area contributed by atoms with Crippen molar-refractivity contribution in [3.63, 3.8) is 0 Å². The van der Waals surface area contributed by atoms with E-state index in [-0.39, 0.29) is 11.5 Å². The maximum atomic E-state index is 12.8. The molecule has 4 rings (SSSR count). The van der Waals surface area contributed by atoms with E-state index in [1.165, 1.54) is 11.1 Å². The van der Waals surface area contributed by atoms with Crippen molar-refractivity contribution in [2.45, 2.75) is 20.5 Å². The Bertz CT molecular complexity index is 1180. The second kappa shape index (κ2) is 8.56. The van der Waals surface area contributed by atoms with Gasteiger partial charge in [0.05, 0.1) is 19.8 Å². The van der Waals surface area contributed by atoms with Crippen molar-refractivity contribution in [1.82, 2.24) is 0 Å². The lowest BCUT2D eigenvalue weighted by atomic mass is 10.1. The molecule has 5 nitrogen and oxygen atoms in total. The van der Waals surface area contributed by atoms with Crippen LogP contribution >= 0.6 is 0 Å². The fourth-order valence-electron chi connectivity index (χ4n) is 3.45. The molecule has 1 heterocycles. The zero-order chi connectivity index (χ0) is 22.0. The summed E-state index contributed by atoms with van der Waals surface area (Å²) in [7, 11) is 3.16. The number of hydrogen-bond acceptors (Lipinski definition) is 5. The average Bonchev–Trinajstić information content (AvgIpc) is 3.09. The second-order valence-electron chi connectivity index (χ2n) is 7.42. The van der Waals surface area contributed by atoms with E-state index in [0.717, 1.165) is 11.1 Å². The van der Waals surface area contributed by atoms with E-state index in [9.17, 15) is 4.79 Å². The van der Waals surface area contributed by atoms with Crippen LogP contribution in [0, 0.1) is 13.8 Å². The van der Waals surface area contributed by atoms with E-state index in [4.69, 9.17) is 18.9 Å². The number of Topliss-reactive ketones (excluding diaryl/α,β-unsaturated/α-hetero) is 1. The van der Waals surface area contributed by atoms with Crippen LogP contribution < -0.4 is 18.9 Å². The summed E-state index contributed by atoms with van der Waals surface area (Å²) < 4.78 is 22.5. The SMILES string of the molecule is COc1ccc(C=C2Oc3cc(OCc4cc(C)ccc4C)ccc3C2=O)c(OC)c1. The molecule has 0 atom stereocenters. The molecule has 1 aliphatic heterocycles. The summed E-state index contributed by atoms with van der Waals surface area (Å²) in [5.41, 5.74) is 4.74. The van der Waals surface area contributed by atoms with Crippen LogP contribution in [0.1, 0.15) is 32.6 Å². The average molecular weight is 416 g/mol. The molecule has 31 heavy (non-hydrogen) atoms. The van der Waals surface area contributed by atoms with Gasteiger partial charge in [0, 0.05) is 17.7 Å². The van der Waals surface area contributed by atoms with Gasteiger partial charge in [-0.25, -0.2) is 0 Å². The molecule has 158 valence electrons. The molecule has 0 aromatic heterocycles. The van der Waals surface area contributed by atoms with E-state index in [2.05, 4.69) is 32.0 Å². The Labute approximate surface area is 181 Å². The van der Waals surface area contributed by atoms with E-state index < -0.39 is 0 Å². The number of carbonyl (C=O) groups excluding carboxylic acids is 1. The summed E-state index contributed by atoms with van der Waals surface area (Å²) in [4.78, 5) is 12.8. The smallest absolute Gasteiger partial charge is 0.231 e. The first-order valence-electron chi connectivity index (χ1n) is 9.97. The van der Waals surface area contributed by atoms with Crippen molar-refractivity contribution in [2.75, 3.05) is 14.2 Å². The predicted octanol–water partition coefficient (Wildman–Crippen LogP) is 5.52. The number of ketones is 1. The van der Waals surface area contributed by atoms with Gasteiger partial charge in [0.25, 0.3) is 0 Å². The van der Waals surface area contributed by atoms with Crippen molar-refractivity contribution >= 4 is 11.9 Å². The van der Waals surface area contributed by atoms with Crippen LogP contribution in [0.4, 0.5) is 0 Å². The molecular formula is C26H24O5. The molecule has 1 aliphatic rings. The molecule has 5 heteroatoms. The molecule has 0 saturated heterocycles. The number of benzene rings is 3. The highest BCUT2D eigenvalue weighted by Crippen LogP contribution is 2.36. The van der Waals surface area contributed by atoms with Gasteiger partial charge in [0.1, 0.15) is 29.6 Å². The highest BCUT2D eigenvalue weighted by atomic mass is 16.5. The number of aryl methyl sites for hydroxylation is 2. The quantitative estimate of drug-likeness (QED) is 0.496. The Morgan fingerprint density at radius 2 is 1.71 bits per heavy atom. The number of hydrogen-bond donors (Lipinski definition) is 0. The van der Waals surface area contributed by atoms with Crippen molar-refractivity contribution in [2.24, 2.45) is 0 Å². The van der Waals surface area contributed by atoms with Gasteiger partial charge in [-0.15, -0.1) is 0 Å². The molecule has 0 aliphatic carbocycles. The minimum absolute atomic E-state index is 0.172. The summed E-state index contributed by atoms with van der Waals surface area (Å²) in [6.45, 7) is 4.57. The van der Waals surface area contributed by atoms with Gasteiger partial charge in [-0.2, -0.15) is 0 Å². The summed E-state index contributed by atoms with van der Waals surface area (Å²) >= 11 is 0. The van der Waals surface area contributed by atoms with Crippen LogP contribution in [0.2, 0.25) is 0 Å². The summed E-state index contributed by atoms with van der Waals surface area (Å²) in [5.74, 6) is 2.47. The Morgan fingerprint density at radius 1 is 0.903 bits per heavy atom. The fourth-order valence-corrected chi connectivity index (χ4v) is 3.45. The van der Waals surface area contributed by atoms with Crippen molar-refractivity contribution in [1.29, 1.82) is 0 Å². The standard InChI is InChI=1S/C26H24O5/c1-16-5-6-17(2)19(11-16)15-30-21-9-10-22-24(14-21)31-25(26(22)27)12-18-7-8-20(28-3)13-23(18)29-4/h5-14H,15H2,1-4H3. The molecule has 3 aromatic carbocycles. The molecule has 0 unspecified atom stereocenters. The van der Waals surface area contributed by atoms with Crippen molar-refractivity contribution in [3.8, 4) is 23.0 Å². The molecule has 0 saturated carbocycles. The third-order valence-electron chi connectivity index (χ3n) is 5.27. The molecule has 0 amide bonds. The van der Waals surface area contributed by atoms with Gasteiger partial charge in [0.2, 0.25) is 5.78 Å². The summed E-state index contributed by atoms with van der Waals surface area (Å²) in [6, 6.07) is 17.0. The minimum Gasteiger partial charge on any atom is -0.497 e. The number of fused-ring (bicyclic) bond motifs is 1. The van der Waals surface area contributed by atoms with Crippen LogP contribution in [0.25, 0.3) is 6.08 Å². The lowest BCUT2D eigenvalue weighted by Crippen LogP contribution is -1.99. The minimum atomic E-state index is -0.172. The number of methoxy groups -OCH3 is 2. The highest BCUT2D eigenvalue weighted by Gasteiger charge is 2.28. The van der Waals surface area contributed by atoms with Crippen molar-refractivity contribution < 1.29 is 23.7 Å². The Balaban J connectivity index is 1.54. The number of carbonyl (C=O) groups is 1. The van der Waals surface area contributed by atoms with Gasteiger partial charge >= 0.3 is 0 Å². The predicted molar refractivity (Wildman–Crippen MR) is 119 cm³/mol. The molecule has 0 N–H and O–H groups in total. The lowest BCUT2D eigenvalue weighted by Gasteiger charge is -2.10. The van der Waals surface area contributed by atoms with E-state index in [0.29, 0.717) is 35.2 Å². The first-order valence-corrected chi connectivity index (χ1v) is 9.97. The maximum absolute atomic E-state index is 12.8. The normalized spacial score (nSPS) is 13.7. The summed E-state index contributed by atoms with van der Waals surface area (Å²) in [5, 5.41) is 0. The van der Waals surface area contributed by atoms with Crippen molar-refractivity contribution in [3.05, 3.63) is 88.2 Å². The number of rotatable bonds is 6. The largest absolute Gasteiger partial charge is 0.497 e. The van der Waals surface area contributed by atoms with E-state index in [1.54, 1.807) is 50.6 Å². The zero-order valence-electron chi connectivity index (χ0n) is 18.0. The lowest BCUT2D eigenvalue weighted by molar-refractivity contribution is 0.101. The van der Waals surface area contributed by atoms with E-state index in [1.807, 2.05) is 6.07 Å².